The number of benzene rings is 1. The minimum Gasteiger partial charge on any atom is -0.341 e. The smallest absolute Gasteiger partial charge is 0.243 e. The number of carbonyl (C=O) groups is 1. The highest BCUT2D eigenvalue weighted by Crippen LogP contribution is 2.21. The van der Waals surface area contributed by atoms with Crippen LogP contribution < -0.4 is 5.32 Å². The average molecular weight is 416 g/mol. The van der Waals surface area contributed by atoms with Gasteiger partial charge in [0.25, 0.3) is 0 Å². The van der Waals surface area contributed by atoms with E-state index in [0.29, 0.717) is 36.9 Å². The molecule has 1 aromatic rings. The number of piperidine rings is 1. The molecule has 0 radical (unpaired) electrons. The highest BCUT2D eigenvalue weighted by molar-refractivity contribution is 7.89. The molecule has 2 heterocycles. The lowest BCUT2D eigenvalue weighted by atomic mass is 10.0. The van der Waals surface area contributed by atoms with Crippen LogP contribution in [-0.4, -0.2) is 62.8 Å². The molecule has 1 amide bonds. The summed E-state index contributed by atoms with van der Waals surface area (Å²) < 4.78 is 26.6. The standard InChI is InChI=1S/C19H29N3O3S.ClH/c1-20-17-5-4-12-21(15-17)19(23)11-8-16-6-9-18(10-7-16)26(24,25)22-13-2-3-14-22;/h6-7,9-10,17,20H,2-5,8,11-15H2,1H3;1H. The number of aryl methyl sites for hydroxylation is 1. The van der Waals surface area contributed by atoms with Gasteiger partial charge in [0.2, 0.25) is 15.9 Å². The zero-order chi connectivity index (χ0) is 18.6. The van der Waals surface area contributed by atoms with Crippen molar-refractivity contribution in [3.05, 3.63) is 29.8 Å². The lowest BCUT2D eigenvalue weighted by molar-refractivity contribution is -0.132. The molecule has 152 valence electrons. The Morgan fingerprint density at radius 2 is 1.78 bits per heavy atom. The predicted molar refractivity (Wildman–Crippen MR) is 109 cm³/mol. The SMILES string of the molecule is CNC1CCCN(C(=O)CCc2ccc(S(=O)(=O)N3CCCC3)cc2)C1.Cl. The summed E-state index contributed by atoms with van der Waals surface area (Å²) in [5.41, 5.74) is 1.00. The number of likely N-dealkylation sites (tertiary alicyclic amines) is 1. The number of halogens is 1. The number of hydrogen-bond donors (Lipinski definition) is 1. The highest BCUT2D eigenvalue weighted by Gasteiger charge is 2.27. The van der Waals surface area contributed by atoms with Crippen LogP contribution in [0.1, 0.15) is 37.7 Å². The van der Waals surface area contributed by atoms with E-state index < -0.39 is 10.0 Å². The van der Waals surface area contributed by atoms with Crippen molar-refractivity contribution in [1.29, 1.82) is 0 Å². The molecule has 0 aliphatic carbocycles. The van der Waals surface area contributed by atoms with Gasteiger partial charge in [0.1, 0.15) is 0 Å². The van der Waals surface area contributed by atoms with Crippen LogP contribution in [0.2, 0.25) is 0 Å². The van der Waals surface area contributed by atoms with Gasteiger partial charge in [-0.1, -0.05) is 12.1 Å². The first-order chi connectivity index (χ1) is 12.5. The molecule has 1 unspecified atom stereocenters. The molecule has 0 spiro atoms. The fraction of sp³-hybridized carbons (Fsp3) is 0.632. The van der Waals surface area contributed by atoms with Gasteiger partial charge in [-0.15, -0.1) is 12.4 Å². The number of nitrogens with one attached hydrogen (secondary N) is 1. The summed E-state index contributed by atoms with van der Waals surface area (Å²) in [6.45, 7) is 2.84. The molecule has 1 N–H and O–H groups in total. The summed E-state index contributed by atoms with van der Waals surface area (Å²) in [5, 5.41) is 3.25. The van der Waals surface area contributed by atoms with Gasteiger partial charge >= 0.3 is 0 Å². The fourth-order valence-corrected chi connectivity index (χ4v) is 5.27. The van der Waals surface area contributed by atoms with Gasteiger partial charge in [0.05, 0.1) is 4.90 Å². The van der Waals surface area contributed by atoms with Gasteiger partial charge in [-0.3, -0.25) is 4.79 Å². The van der Waals surface area contributed by atoms with Crippen molar-refractivity contribution >= 4 is 28.3 Å². The quantitative estimate of drug-likeness (QED) is 0.771. The number of nitrogens with zero attached hydrogens (tertiary/aromatic N) is 2. The molecule has 2 saturated heterocycles. The summed E-state index contributed by atoms with van der Waals surface area (Å²) >= 11 is 0. The maximum Gasteiger partial charge on any atom is 0.243 e. The van der Waals surface area contributed by atoms with E-state index in [-0.39, 0.29) is 18.3 Å². The van der Waals surface area contributed by atoms with Gasteiger partial charge in [-0.2, -0.15) is 4.31 Å². The zero-order valence-electron chi connectivity index (χ0n) is 15.9. The van der Waals surface area contributed by atoms with E-state index in [1.165, 1.54) is 0 Å². The van der Waals surface area contributed by atoms with Crippen molar-refractivity contribution in [2.45, 2.75) is 49.5 Å². The second-order valence-corrected chi connectivity index (χ2v) is 9.16. The van der Waals surface area contributed by atoms with Gasteiger partial charge in [-0.25, -0.2) is 8.42 Å². The minimum absolute atomic E-state index is 0. The van der Waals surface area contributed by atoms with Crippen LogP contribution in [0, 0.1) is 0 Å². The molecular weight excluding hydrogens is 386 g/mol. The zero-order valence-corrected chi connectivity index (χ0v) is 17.5. The lowest BCUT2D eigenvalue weighted by Crippen LogP contribution is -2.47. The Bertz CT molecular complexity index is 718. The minimum atomic E-state index is -3.36. The van der Waals surface area contributed by atoms with Crippen LogP contribution in [-0.2, 0) is 21.2 Å². The van der Waals surface area contributed by atoms with Crippen molar-refractivity contribution in [3.63, 3.8) is 0 Å². The van der Waals surface area contributed by atoms with E-state index in [1.54, 1.807) is 16.4 Å². The molecule has 1 aromatic carbocycles. The number of hydrogen-bond acceptors (Lipinski definition) is 4. The molecule has 2 aliphatic heterocycles. The Hall–Kier alpha value is -1.15. The summed E-state index contributed by atoms with van der Waals surface area (Å²) in [4.78, 5) is 14.7. The summed E-state index contributed by atoms with van der Waals surface area (Å²) in [6, 6.07) is 7.41. The second-order valence-electron chi connectivity index (χ2n) is 7.22. The van der Waals surface area contributed by atoms with Crippen molar-refractivity contribution in [3.8, 4) is 0 Å². The van der Waals surface area contributed by atoms with E-state index in [9.17, 15) is 13.2 Å². The van der Waals surface area contributed by atoms with Crippen LogP contribution in [0.15, 0.2) is 29.2 Å². The van der Waals surface area contributed by atoms with Gasteiger partial charge in [-0.05, 0) is 56.8 Å². The molecule has 2 fully saturated rings. The third-order valence-electron chi connectivity index (χ3n) is 5.44. The van der Waals surface area contributed by atoms with Crippen LogP contribution in [0.3, 0.4) is 0 Å². The Morgan fingerprint density at radius 3 is 2.41 bits per heavy atom. The molecule has 0 bridgehead atoms. The van der Waals surface area contributed by atoms with Crippen LogP contribution in [0.25, 0.3) is 0 Å². The molecule has 6 nitrogen and oxygen atoms in total. The molecule has 1 atom stereocenters. The van der Waals surface area contributed by atoms with Crippen molar-refractivity contribution < 1.29 is 13.2 Å². The normalized spacial score (nSPS) is 21.1. The molecule has 0 aromatic heterocycles. The first-order valence-corrected chi connectivity index (χ1v) is 11.0. The molecule has 3 rings (SSSR count). The molecule has 8 heteroatoms. The lowest BCUT2D eigenvalue weighted by Gasteiger charge is -2.32. The maximum atomic E-state index is 12.5. The number of carbonyl (C=O) groups excluding carboxylic acids is 1. The Kier molecular flexibility index (Phi) is 8.09. The fourth-order valence-electron chi connectivity index (χ4n) is 3.75. The van der Waals surface area contributed by atoms with Gasteiger partial charge < -0.3 is 10.2 Å². The third kappa shape index (κ3) is 5.44. The van der Waals surface area contributed by atoms with E-state index in [0.717, 1.165) is 44.3 Å². The van der Waals surface area contributed by atoms with E-state index in [1.807, 2.05) is 24.1 Å². The first-order valence-electron chi connectivity index (χ1n) is 9.55. The predicted octanol–water partition coefficient (Wildman–Crippen LogP) is 2.04. The van der Waals surface area contributed by atoms with Crippen LogP contribution in [0.5, 0.6) is 0 Å². The molecule has 0 saturated carbocycles. The largest absolute Gasteiger partial charge is 0.341 e. The first kappa shape index (κ1) is 22.1. The van der Waals surface area contributed by atoms with E-state index >= 15 is 0 Å². The van der Waals surface area contributed by atoms with Gasteiger partial charge in [0.15, 0.2) is 0 Å². The summed E-state index contributed by atoms with van der Waals surface area (Å²) in [5.74, 6) is 0.179. The second kappa shape index (κ2) is 9.87. The maximum absolute atomic E-state index is 12.5. The van der Waals surface area contributed by atoms with E-state index in [4.69, 9.17) is 0 Å². The molecule has 2 aliphatic rings. The van der Waals surface area contributed by atoms with E-state index in [2.05, 4.69) is 5.32 Å². The summed E-state index contributed by atoms with van der Waals surface area (Å²) in [6.07, 6.45) is 5.14. The van der Waals surface area contributed by atoms with Crippen molar-refractivity contribution in [1.82, 2.24) is 14.5 Å². The highest BCUT2D eigenvalue weighted by atomic mass is 35.5. The van der Waals surface area contributed by atoms with Gasteiger partial charge in [0, 0.05) is 38.6 Å². The summed E-state index contributed by atoms with van der Waals surface area (Å²) in [7, 11) is -1.42. The number of likely N-dealkylation sites (N-methyl/N-ethyl adjacent to an activating group) is 1. The number of rotatable bonds is 6. The van der Waals surface area contributed by atoms with Crippen molar-refractivity contribution in [2.75, 3.05) is 33.2 Å². The number of amides is 1. The van der Waals surface area contributed by atoms with Crippen molar-refractivity contribution in [2.24, 2.45) is 0 Å². The Labute approximate surface area is 168 Å². The number of sulfonamides is 1. The van der Waals surface area contributed by atoms with Crippen LogP contribution >= 0.6 is 12.4 Å². The third-order valence-corrected chi connectivity index (χ3v) is 7.35. The Balaban J connectivity index is 0.00000261. The van der Waals surface area contributed by atoms with Crippen LogP contribution in [0.4, 0.5) is 0 Å². The average Bonchev–Trinajstić information content (AvgIpc) is 3.22. The topological polar surface area (TPSA) is 69.7 Å². The molecule has 27 heavy (non-hydrogen) atoms. The monoisotopic (exact) mass is 415 g/mol. The Morgan fingerprint density at radius 1 is 1.11 bits per heavy atom. The molecular formula is C19H30ClN3O3S.